The van der Waals surface area contributed by atoms with Crippen LogP contribution in [0.2, 0.25) is 0 Å². The van der Waals surface area contributed by atoms with Crippen molar-refractivity contribution >= 4 is 34.1 Å². The van der Waals surface area contributed by atoms with Crippen LogP contribution in [0.3, 0.4) is 0 Å². The first-order valence-electron chi connectivity index (χ1n) is 13.0. The number of thiophene rings is 1. The summed E-state index contributed by atoms with van der Waals surface area (Å²) in [5.41, 5.74) is 0.728. The Kier molecular flexibility index (Phi) is 8.24. The molecule has 1 spiro atoms. The first-order chi connectivity index (χ1) is 19.3. The minimum Gasteiger partial charge on any atom is -0.445 e. The number of rotatable bonds is 7. The van der Waals surface area contributed by atoms with Crippen LogP contribution in [0.25, 0.3) is 0 Å². The predicted molar refractivity (Wildman–Crippen MR) is 143 cm³/mol. The fourth-order valence-electron chi connectivity index (χ4n) is 4.93. The van der Waals surface area contributed by atoms with Crippen LogP contribution in [0.5, 0.6) is 0 Å². The predicted octanol–water partition coefficient (Wildman–Crippen LogP) is 5.13. The van der Waals surface area contributed by atoms with Crippen LogP contribution in [-0.2, 0) is 38.5 Å². The Morgan fingerprint density at radius 3 is 2.42 bits per heavy atom. The van der Waals surface area contributed by atoms with Crippen LogP contribution >= 0.6 is 11.3 Å². The van der Waals surface area contributed by atoms with E-state index in [0.29, 0.717) is 44.5 Å². The van der Waals surface area contributed by atoms with Crippen LogP contribution in [0.15, 0.2) is 48.5 Å². The lowest BCUT2D eigenvalue weighted by molar-refractivity contribution is -0.159. The highest BCUT2D eigenvalue weighted by Gasteiger charge is 2.41. The van der Waals surface area contributed by atoms with Crippen LogP contribution in [0.1, 0.15) is 51.7 Å². The van der Waals surface area contributed by atoms with E-state index >= 15 is 0 Å². The summed E-state index contributed by atoms with van der Waals surface area (Å²) in [6.07, 6.45) is 1.19. The molecule has 1 aliphatic carbocycles. The van der Waals surface area contributed by atoms with Crippen molar-refractivity contribution in [2.45, 2.75) is 51.0 Å². The van der Waals surface area contributed by atoms with Gasteiger partial charge in [-0.3, -0.25) is 9.59 Å². The molecule has 1 unspecified atom stereocenters. The molecule has 1 fully saturated rings. The molecule has 5 rings (SSSR count). The molecule has 1 aliphatic heterocycles. The van der Waals surface area contributed by atoms with Gasteiger partial charge >= 0.3 is 6.09 Å². The van der Waals surface area contributed by atoms with Crippen molar-refractivity contribution in [3.63, 3.8) is 0 Å². The number of carbonyl (C=O) groups is 3. The molecule has 8 nitrogen and oxygen atoms in total. The van der Waals surface area contributed by atoms with Gasteiger partial charge in [-0.05, 0) is 43.0 Å². The van der Waals surface area contributed by atoms with E-state index in [9.17, 15) is 23.2 Å². The molecule has 2 N–H and O–H groups in total. The normalized spacial score (nSPS) is 16.6. The molecule has 1 saturated heterocycles. The number of ketones is 1. The van der Waals surface area contributed by atoms with E-state index in [4.69, 9.17) is 14.2 Å². The SMILES string of the molecule is CC(NC(=O)OCc1ccccc1)C(=O)Nc1sc2c(c1C(=O)c1c(F)cccc1F)CCCC1(C2)OCCO1. The summed E-state index contributed by atoms with van der Waals surface area (Å²) in [4.78, 5) is 39.8. The minimum atomic E-state index is -1.04. The number of anilines is 1. The van der Waals surface area contributed by atoms with Crippen molar-refractivity contribution < 1.29 is 37.4 Å². The monoisotopic (exact) mass is 570 g/mol. The van der Waals surface area contributed by atoms with Crippen LogP contribution in [-0.4, -0.2) is 42.8 Å². The Balaban J connectivity index is 1.39. The van der Waals surface area contributed by atoms with E-state index in [0.717, 1.165) is 33.9 Å². The van der Waals surface area contributed by atoms with Gasteiger partial charge in [0.1, 0.15) is 29.3 Å². The van der Waals surface area contributed by atoms with E-state index in [1.54, 1.807) is 12.1 Å². The lowest BCUT2D eigenvalue weighted by atomic mass is 9.97. The van der Waals surface area contributed by atoms with E-state index in [1.165, 1.54) is 13.0 Å². The Morgan fingerprint density at radius 1 is 1.02 bits per heavy atom. The molecule has 40 heavy (non-hydrogen) atoms. The number of hydrogen-bond donors (Lipinski definition) is 2. The van der Waals surface area contributed by atoms with Gasteiger partial charge in [-0.15, -0.1) is 11.3 Å². The Labute approximate surface area is 233 Å². The van der Waals surface area contributed by atoms with E-state index < -0.39 is 46.8 Å². The van der Waals surface area contributed by atoms with Crippen molar-refractivity contribution in [1.82, 2.24) is 5.32 Å². The second-order valence-corrected chi connectivity index (χ2v) is 10.8. The number of carbonyl (C=O) groups excluding carboxylic acids is 3. The topological polar surface area (TPSA) is 103 Å². The minimum absolute atomic E-state index is 0.0252. The number of benzene rings is 2. The maximum atomic E-state index is 14.7. The summed E-state index contributed by atoms with van der Waals surface area (Å²) in [7, 11) is 0. The Hall–Kier alpha value is -3.67. The molecule has 0 radical (unpaired) electrons. The number of ether oxygens (including phenoxy) is 3. The van der Waals surface area contributed by atoms with Crippen molar-refractivity contribution in [3.8, 4) is 0 Å². The maximum Gasteiger partial charge on any atom is 0.408 e. The van der Waals surface area contributed by atoms with Crippen molar-refractivity contribution in [2.24, 2.45) is 0 Å². The first kappa shape index (κ1) is 27.9. The lowest BCUT2D eigenvalue weighted by Gasteiger charge is -2.25. The molecule has 0 saturated carbocycles. The Bertz CT molecular complexity index is 1400. The number of fused-ring (bicyclic) bond motifs is 1. The molecule has 2 heterocycles. The molecule has 2 aromatic carbocycles. The van der Waals surface area contributed by atoms with Gasteiger partial charge in [0, 0.05) is 17.7 Å². The number of hydrogen-bond acceptors (Lipinski definition) is 7. The summed E-state index contributed by atoms with van der Waals surface area (Å²) in [5, 5.41) is 5.31. The molecule has 0 bridgehead atoms. The zero-order valence-electron chi connectivity index (χ0n) is 21.8. The highest BCUT2D eigenvalue weighted by atomic mass is 32.1. The molecule has 210 valence electrons. The summed E-state index contributed by atoms with van der Waals surface area (Å²) in [5.74, 6) is -4.31. The molecule has 2 aliphatic rings. The summed E-state index contributed by atoms with van der Waals surface area (Å²) >= 11 is 1.14. The maximum absolute atomic E-state index is 14.7. The largest absolute Gasteiger partial charge is 0.445 e. The van der Waals surface area contributed by atoms with Gasteiger partial charge in [0.05, 0.1) is 24.3 Å². The average Bonchev–Trinajstić information content (AvgIpc) is 3.47. The number of amides is 2. The third-order valence-corrected chi connectivity index (χ3v) is 8.06. The first-order valence-corrected chi connectivity index (χ1v) is 13.8. The second kappa shape index (κ2) is 11.8. The second-order valence-electron chi connectivity index (χ2n) is 9.69. The van der Waals surface area contributed by atoms with Crippen molar-refractivity contribution in [1.29, 1.82) is 0 Å². The zero-order chi connectivity index (χ0) is 28.3. The van der Waals surface area contributed by atoms with E-state index in [1.807, 2.05) is 18.2 Å². The summed E-state index contributed by atoms with van der Waals surface area (Å²) in [6, 6.07) is 11.2. The molecule has 1 aromatic heterocycles. The van der Waals surface area contributed by atoms with Gasteiger partial charge in [0.15, 0.2) is 5.79 Å². The fourth-order valence-corrected chi connectivity index (χ4v) is 6.26. The molecule has 1 atom stereocenters. The van der Waals surface area contributed by atoms with Crippen molar-refractivity contribution in [3.05, 3.63) is 87.3 Å². The average molecular weight is 571 g/mol. The molecule has 3 aromatic rings. The molecular formula is C29H28F2N2O6S. The highest BCUT2D eigenvalue weighted by molar-refractivity contribution is 7.17. The van der Waals surface area contributed by atoms with Crippen LogP contribution < -0.4 is 10.6 Å². The van der Waals surface area contributed by atoms with E-state index in [-0.39, 0.29) is 17.2 Å². The van der Waals surface area contributed by atoms with E-state index in [2.05, 4.69) is 10.6 Å². The smallest absolute Gasteiger partial charge is 0.408 e. The standard InChI is InChI=1S/C29H28F2N2O6S/c1-17(32-28(36)37-16-18-7-3-2-4-8-18)26(35)33-27-23(25(34)24-20(30)10-5-11-21(24)31)19-9-6-12-29(15-22(19)40-27)38-13-14-39-29/h2-5,7-8,10-11,17H,6,9,12-16H2,1H3,(H,32,36)(H,33,35). The van der Waals surface area contributed by atoms with Gasteiger partial charge in [-0.1, -0.05) is 36.4 Å². The zero-order valence-corrected chi connectivity index (χ0v) is 22.6. The number of alkyl carbamates (subject to hydrolysis) is 1. The summed E-state index contributed by atoms with van der Waals surface area (Å²) < 4.78 is 46.3. The number of halogens is 2. The Morgan fingerprint density at radius 2 is 1.73 bits per heavy atom. The third kappa shape index (κ3) is 5.91. The molecule has 11 heteroatoms. The van der Waals surface area contributed by atoms with Crippen LogP contribution in [0, 0.1) is 11.6 Å². The van der Waals surface area contributed by atoms with Crippen LogP contribution in [0.4, 0.5) is 18.6 Å². The van der Waals surface area contributed by atoms with Gasteiger partial charge < -0.3 is 24.8 Å². The van der Waals surface area contributed by atoms with Gasteiger partial charge in [0.2, 0.25) is 11.7 Å². The molecule has 2 amide bonds. The fraction of sp³-hybridized carbons (Fsp3) is 0.345. The van der Waals surface area contributed by atoms with Crippen molar-refractivity contribution in [2.75, 3.05) is 18.5 Å². The van der Waals surface area contributed by atoms with Gasteiger partial charge in [0.25, 0.3) is 0 Å². The third-order valence-electron chi connectivity index (χ3n) is 6.91. The molecular weight excluding hydrogens is 542 g/mol. The number of nitrogens with one attached hydrogen (secondary N) is 2. The van der Waals surface area contributed by atoms with Gasteiger partial charge in [-0.2, -0.15) is 0 Å². The quantitative estimate of drug-likeness (QED) is 0.382. The summed E-state index contributed by atoms with van der Waals surface area (Å²) in [6.45, 7) is 2.38. The van der Waals surface area contributed by atoms with Gasteiger partial charge in [-0.25, -0.2) is 13.6 Å². The lowest BCUT2D eigenvalue weighted by Crippen LogP contribution is -2.41. The highest BCUT2D eigenvalue weighted by Crippen LogP contribution is 2.43.